The Morgan fingerprint density at radius 2 is 1.71 bits per heavy atom. The van der Waals surface area contributed by atoms with Gasteiger partial charge in [0.2, 0.25) is 5.91 Å². The molecule has 3 aromatic rings. The summed E-state index contributed by atoms with van der Waals surface area (Å²) in [6.45, 7) is 0. The Kier molecular flexibility index (Phi) is 5.38. The molecule has 0 bridgehead atoms. The molecule has 1 unspecified atom stereocenters. The average Bonchev–Trinajstić information content (AvgIpc) is 2.64. The molecule has 0 aliphatic rings. The molecule has 0 radical (unpaired) electrons. The zero-order valence-corrected chi connectivity index (χ0v) is 14.9. The van der Waals surface area contributed by atoms with Crippen LogP contribution in [-0.2, 0) is 11.0 Å². The SMILES string of the molecule is NC(=O)C(c1cccc(-c2cccc(C(F)(F)F)c2)n1)c1c(F)cccc1Cl. The summed E-state index contributed by atoms with van der Waals surface area (Å²) >= 11 is 6.05. The summed E-state index contributed by atoms with van der Waals surface area (Å²) in [5, 5.41) is -0.00456. The number of halogens is 5. The molecule has 2 N–H and O–H groups in total. The lowest BCUT2D eigenvalue weighted by molar-refractivity contribution is -0.137. The summed E-state index contributed by atoms with van der Waals surface area (Å²) in [5.41, 5.74) is 4.94. The van der Waals surface area contributed by atoms with Gasteiger partial charge in [-0.3, -0.25) is 9.78 Å². The van der Waals surface area contributed by atoms with Crippen molar-refractivity contribution < 1.29 is 22.4 Å². The van der Waals surface area contributed by atoms with Gasteiger partial charge in [0, 0.05) is 16.1 Å². The predicted octanol–water partition coefficient (Wildman–Crippen LogP) is 5.18. The minimum Gasteiger partial charge on any atom is -0.369 e. The van der Waals surface area contributed by atoms with Gasteiger partial charge in [0.15, 0.2) is 0 Å². The van der Waals surface area contributed by atoms with Crippen LogP contribution in [-0.4, -0.2) is 10.9 Å². The number of benzene rings is 2. The highest BCUT2D eigenvalue weighted by molar-refractivity contribution is 6.31. The Bertz CT molecular complexity index is 1020. The third kappa shape index (κ3) is 3.99. The lowest BCUT2D eigenvalue weighted by Crippen LogP contribution is -2.24. The van der Waals surface area contributed by atoms with Crippen LogP contribution in [0.3, 0.4) is 0 Å². The van der Waals surface area contributed by atoms with Crippen LogP contribution in [0.4, 0.5) is 17.6 Å². The van der Waals surface area contributed by atoms with Crippen LogP contribution in [0, 0.1) is 5.82 Å². The fourth-order valence-corrected chi connectivity index (χ4v) is 3.12. The van der Waals surface area contributed by atoms with E-state index in [9.17, 15) is 22.4 Å². The zero-order valence-electron chi connectivity index (χ0n) is 14.2. The van der Waals surface area contributed by atoms with Crippen molar-refractivity contribution >= 4 is 17.5 Å². The first kappa shape index (κ1) is 19.8. The number of carbonyl (C=O) groups excluding carboxylic acids is 1. The van der Waals surface area contributed by atoms with E-state index in [1.165, 1.54) is 42.5 Å². The van der Waals surface area contributed by atoms with Crippen LogP contribution in [0.1, 0.15) is 22.7 Å². The van der Waals surface area contributed by atoms with E-state index in [2.05, 4.69) is 4.98 Å². The van der Waals surface area contributed by atoms with Crippen LogP contribution in [0.2, 0.25) is 5.02 Å². The first-order valence-electron chi connectivity index (χ1n) is 8.06. The van der Waals surface area contributed by atoms with Crippen molar-refractivity contribution in [1.29, 1.82) is 0 Å². The summed E-state index contributed by atoms with van der Waals surface area (Å²) in [4.78, 5) is 16.3. The quantitative estimate of drug-likeness (QED) is 0.605. The van der Waals surface area contributed by atoms with E-state index in [0.29, 0.717) is 0 Å². The maximum atomic E-state index is 14.3. The van der Waals surface area contributed by atoms with Gasteiger partial charge < -0.3 is 5.73 Å². The van der Waals surface area contributed by atoms with E-state index in [1.807, 2.05) is 0 Å². The molecular formula is C20H13ClF4N2O. The molecule has 144 valence electrons. The predicted molar refractivity (Wildman–Crippen MR) is 97.1 cm³/mol. The largest absolute Gasteiger partial charge is 0.416 e. The van der Waals surface area contributed by atoms with E-state index >= 15 is 0 Å². The van der Waals surface area contributed by atoms with Gasteiger partial charge in [0.05, 0.1) is 17.0 Å². The van der Waals surface area contributed by atoms with Gasteiger partial charge in [-0.15, -0.1) is 0 Å². The molecule has 1 amide bonds. The fourth-order valence-electron chi connectivity index (χ4n) is 2.85. The summed E-state index contributed by atoms with van der Waals surface area (Å²) in [6.07, 6.45) is -4.51. The Balaban J connectivity index is 2.11. The smallest absolute Gasteiger partial charge is 0.369 e. The third-order valence-corrected chi connectivity index (χ3v) is 4.45. The van der Waals surface area contributed by atoms with Gasteiger partial charge in [-0.25, -0.2) is 4.39 Å². The molecule has 2 aromatic carbocycles. The lowest BCUT2D eigenvalue weighted by atomic mass is 9.93. The molecule has 8 heteroatoms. The monoisotopic (exact) mass is 408 g/mol. The van der Waals surface area contributed by atoms with Crippen molar-refractivity contribution in [3.05, 3.63) is 88.3 Å². The van der Waals surface area contributed by atoms with Gasteiger partial charge in [-0.05, 0) is 36.4 Å². The molecule has 0 aliphatic carbocycles. The van der Waals surface area contributed by atoms with Crippen LogP contribution < -0.4 is 5.73 Å². The molecule has 1 atom stereocenters. The van der Waals surface area contributed by atoms with E-state index in [1.54, 1.807) is 0 Å². The van der Waals surface area contributed by atoms with Gasteiger partial charge in [0.1, 0.15) is 11.7 Å². The lowest BCUT2D eigenvalue weighted by Gasteiger charge is -2.17. The number of hydrogen-bond acceptors (Lipinski definition) is 2. The Morgan fingerprint density at radius 1 is 1.04 bits per heavy atom. The van der Waals surface area contributed by atoms with E-state index in [4.69, 9.17) is 17.3 Å². The van der Waals surface area contributed by atoms with Crippen molar-refractivity contribution in [3.8, 4) is 11.3 Å². The van der Waals surface area contributed by atoms with Crippen molar-refractivity contribution in [1.82, 2.24) is 4.98 Å². The van der Waals surface area contributed by atoms with Crippen molar-refractivity contribution in [2.45, 2.75) is 12.1 Å². The zero-order chi connectivity index (χ0) is 20.5. The number of pyridine rings is 1. The Morgan fingerprint density at radius 3 is 2.36 bits per heavy atom. The van der Waals surface area contributed by atoms with Crippen LogP contribution in [0.5, 0.6) is 0 Å². The Hall–Kier alpha value is -2.93. The second kappa shape index (κ2) is 7.59. The standard InChI is InChI=1S/C20H13ClF4N2O/c21-13-6-2-7-14(22)17(13)18(19(26)28)16-9-3-8-15(27-16)11-4-1-5-12(10-11)20(23,24)25/h1-10,18H,(H2,26,28). The maximum Gasteiger partial charge on any atom is 0.416 e. The van der Waals surface area contributed by atoms with Crippen LogP contribution in [0.25, 0.3) is 11.3 Å². The minimum absolute atomic E-state index is 0.00456. The van der Waals surface area contributed by atoms with Crippen molar-refractivity contribution in [3.63, 3.8) is 0 Å². The first-order valence-corrected chi connectivity index (χ1v) is 8.44. The van der Waals surface area contributed by atoms with Gasteiger partial charge in [0.25, 0.3) is 0 Å². The highest BCUT2D eigenvalue weighted by atomic mass is 35.5. The number of rotatable bonds is 4. The number of hydrogen-bond donors (Lipinski definition) is 1. The molecule has 1 aromatic heterocycles. The second-order valence-corrected chi connectivity index (χ2v) is 6.40. The molecule has 0 saturated carbocycles. The minimum atomic E-state index is -4.51. The molecule has 3 nitrogen and oxygen atoms in total. The molecule has 0 aliphatic heterocycles. The highest BCUT2D eigenvalue weighted by Gasteiger charge is 2.31. The number of primary amides is 1. The summed E-state index contributed by atoms with van der Waals surface area (Å²) < 4.78 is 53.2. The van der Waals surface area contributed by atoms with E-state index in [-0.39, 0.29) is 27.5 Å². The van der Waals surface area contributed by atoms with E-state index < -0.39 is 29.4 Å². The molecule has 28 heavy (non-hydrogen) atoms. The number of nitrogens with two attached hydrogens (primary N) is 1. The van der Waals surface area contributed by atoms with Gasteiger partial charge in [-0.1, -0.05) is 35.9 Å². The third-order valence-electron chi connectivity index (χ3n) is 4.12. The van der Waals surface area contributed by atoms with Crippen molar-refractivity contribution in [2.24, 2.45) is 5.73 Å². The molecule has 1 heterocycles. The molecule has 0 saturated heterocycles. The molecular weight excluding hydrogens is 396 g/mol. The number of amides is 1. The topological polar surface area (TPSA) is 56.0 Å². The number of carbonyl (C=O) groups is 1. The number of nitrogens with zero attached hydrogens (tertiary/aromatic N) is 1. The van der Waals surface area contributed by atoms with Crippen LogP contribution in [0.15, 0.2) is 60.7 Å². The summed E-state index contributed by atoms with van der Waals surface area (Å²) in [5.74, 6) is -2.91. The highest BCUT2D eigenvalue weighted by Crippen LogP contribution is 2.34. The van der Waals surface area contributed by atoms with Gasteiger partial charge in [-0.2, -0.15) is 13.2 Å². The van der Waals surface area contributed by atoms with Gasteiger partial charge >= 0.3 is 6.18 Å². The normalized spacial score (nSPS) is 12.6. The first-order chi connectivity index (χ1) is 13.2. The number of aromatic nitrogens is 1. The summed E-state index contributed by atoms with van der Waals surface area (Å²) in [6, 6.07) is 13.0. The molecule has 3 rings (SSSR count). The Labute approximate surface area is 162 Å². The summed E-state index contributed by atoms with van der Waals surface area (Å²) in [7, 11) is 0. The number of alkyl halides is 3. The molecule has 0 spiro atoms. The van der Waals surface area contributed by atoms with E-state index in [0.717, 1.165) is 18.2 Å². The van der Waals surface area contributed by atoms with Crippen molar-refractivity contribution in [2.75, 3.05) is 0 Å². The fraction of sp³-hybridized carbons (Fsp3) is 0.100. The average molecular weight is 409 g/mol. The second-order valence-electron chi connectivity index (χ2n) is 6.00. The maximum absolute atomic E-state index is 14.3. The molecule has 0 fully saturated rings. The van der Waals surface area contributed by atoms with Crippen LogP contribution >= 0.6 is 11.6 Å².